The highest BCUT2D eigenvalue weighted by Gasteiger charge is 2.25. The van der Waals surface area contributed by atoms with Gasteiger partial charge in [-0.25, -0.2) is 0 Å². The van der Waals surface area contributed by atoms with Crippen LogP contribution >= 0.6 is 0 Å². The van der Waals surface area contributed by atoms with Crippen LogP contribution in [0.15, 0.2) is 73.1 Å². The van der Waals surface area contributed by atoms with Crippen LogP contribution in [0, 0.1) is 0 Å². The summed E-state index contributed by atoms with van der Waals surface area (Å²) in [6, 6.07) is 19.8. The average molecular weight is 377 g/mol. The number of carbonyl (C=O) groups is 1. The van der Waals surface area contributed by atoms with Gasteiger partial charge in [-0.05, 0) is 35.8 Å². The van der Waals surface area contributed by atoms with Gasteiger partial charge in [0, 0.05) is 18.9 Å². The summed E-state index contributed by atoms with van der Waals surface area (Å²) in [6.07, 6.45) is 3.72. The van der Waals surface area contributed by atoms with Crippen LogP contribution < -0.4 is 5.32 Å². The summed E-state index contributed by atoms with van der Waals surface area (Å²) < 4.78 is 1.89. The molecule has 0 spiro atoms. The van der Waals surface area contributed by atoms with E-state index < -0.39 is 0 Å². The fraction of sp³-hybridized carbons (Fsp3) is 0.304. The van der Waals surface area contributed by atoms with Crippen molar-refractivity contribution in [1.29, 1.82) is 0 Å². The van der Waals surface area contributed by atoms with Crippen LogP contribution in [0.3, 0.4) is 0 Å². The topological polar surface area (TPSA) is 50.2 Å². The Kier molecular flexibility index (Phi) is 6.98. The molecule has 1 aromatic heterocycles. The summed E-state index contributed by atoms with van der Waals surface area (Å²) in [7, 11) is 0. The van der Waals surface area contributed by atoms with Crippen LogP contribution in [-0.2, 0) is 17.9 Å². The van der Waals surface area contributed by atoms with Crippen LogP contribution in [0.1, 0.15) is 36.6 Å². The third-order valence-corrected chi connectivity index (χ3v) is 5.00. The Bertz CT molecular complexity index is 857. The van der Waals surface area contributed by atoms with Gasteiger partial charge in [0.1, 0.15) is 6.04 Å². The van der Waals surface area contributed by atoms with Crippen LogP contribution in [-0.4, -0.2) is 33.7 Å². The first-order valence-corrected chi connectivity index (χ1v) is 9.83. The van der Waals surface area contributed by atoms with E-state index in [0.29, 0.717) is 13.1 Å². The maximum Gasteiger partial charge on any atom is 0.242 e. The zero-order valence-corrected chi connectivity index (χ0v) is 16.6. The van der Waals surface area contributed by atoms with Crippen molar-refractivity contribution < 1.29 is 4.79 Å². The summed E-state index contributed by atoms with van der Waals surface area (Å²) in [6.45, 7) is 7.01. The van der Waals surface area contributed by atoms with Crippen molar-refractivity contribution in [3.8, 4) is 0 Å². The summed E-state index contributed by atoms with van der Waals surface area (Å²) in [5, 5.41) is 7.44. The highest BCUT2D eigenvalue weighted by atomic mass is 16.2. The number of carbonyl (C=O) groups excluding carboxylic acids is 1. The molecule has 1 atom stereocenters. The number of hydrogen-bond acceptors (Lipinski definition) is 3. The molecule has 1 heterocycles. The molecule has 3 aromatic rings. The van der Waals surface area contributed by atoms with E-state index in [1.54, 1.807) is 6.20 Å². The second kappa shape index (κ2) is 9.85. The molecule has 0 bridgehead atoms. The molecule has 5 heteroatoms. The number of aromatic nitrogens is 2. The molecule has 0 aliphatic rings. The maximum absolute atomic E-state index is 13.1. The first-order chi connectivity index (χ1) is 13.7. The third kappa shape index (κ3) is 4.87. The number of nitrogens with zero attached hydrogens (tertiary/aromatic N) is 3. The van der Waals surface area contributed by atoms with Gasteiger partial charge in [-0.15, -0.1) is 0 Å². The Hall–Kier alpha value is -2.92. The van der Waals surface area contributed by atoms with Gasteiger partial charge in [0.25, 0.3) is 0 Å². The lowest BCUT2D eigenvalue weighted by Gasteiger charge is -2.29. The van der Waals surface area contributed by atoms with Crippen molar-refractivity contribution in [1.82, 2.24) is 20.0 Å². The zero-order chi connectivity index (χ0) is 19.8. The predicted octanol–water partition coefficient (Wildman–Crippen LogP) is 3.63. The molecular formula is C23H28N4O. The number of nitrogens with one attached hydrogen (secondary N) is 1. The highest BCUT2D eigenvalue weighted by molar-refractivity contribution is 5.83. The molecule has 1 amide bonds. The fourth-order valence-corrected chi connectivity index (χ4v) is 3.48. The number of likely N-dealkylation sites (N-methyl/N-ethyl adjacent to an activating group) is 1. The summed E-state index contributed by atoms with van der Waals surface area (Å²) in [5.41, 5.74) is 3.29. The number of amides is 1. The van der Waals surface area contributed by atoms with E-state index in [1.165, 1.54) is 0 Å². The predicted molar refractivity (Wildman–Crippen MR) is 112 cm³/mol. The van der Waals surface area contributed by atoms with Crippen molar-refractivity contribution in [2.45, 2.75) is 33.0 Å². The molecule has 3 rings (SSSR count). The first-order valence-electron chi connectivity index (χ1n) is 9.83. The van der Waals surface area contributed by atoms with Gasteiger partial charge in [0.15, 0.2) is 0 Å². The first kappa shape index (κ1) is 19.8. The van der Waals surface area contributed by atoms with E-state index in [1.807, 2.05) is 59.4 Å². The highest BCUT2D eigenvalue weighted by Crippen LogP contribution is 2.21. The summed E-state index contributed by atoms with van der Waals surface area (Å²) >= 11 is 0. The molecule has 0 radical (unpaired) electrons. The fourth-order valence-electron chi connectivity index (χ4n) is 3.48. The minimum atomic E-state index is -0.283. The minimum Gasteiger partial charge on any atom is -0.350 e. The minimum absolute atomic E-state index is 0.0313. The van der Waals surface area contributed by atoms with Gasteiger partial charge < -0.3 is 5.32 Å². The molecule has 1 N–H and O–H groups in total. The van der Waals surface area contributed by atoms with E-state index in [2.05, 4.69) is 41.3 Å². The van der Waals surface area contributed by atoms with E-state index in [0.717, 1.165) is 29.8 Å². The van der Waals surface area contributed by atoms with Crippen molar-refractivity contribution in [2.24, 2.45) is 0 Å². The Morgan fingerprint density at radius 2 is 1.68 bits per heavy atom. The largest absolute Gasteiger partial charge is 0.350 e. The SMILES string of the molecule is CCN(CC)C(C(=O)NCc1ccccc1Cn1cccn1)c1ccccc1. The molecular weight excluding hydrogens is 348 g/mol. The number of hydrogen-bond donors (Lipinski definition) is 1. The van der Waals surface area contributed by atoms with Gasteiger partial charge in [-0.2, -0.15) is 5.10 Å². The lowest BCUT2D eigenvalue weighted by Crippen LogP contribution is -2.40. The van der Waals surface area contributed by atoms with Crippen molar-refractivity contribution in [2.75, 3.05) is 13.1 Å². The molecule has 146 valence electrons. The molecule has 0 saturated carbocycles. The average Bonchev–Trinajstić information content (AvgIpc) is 3.25. The summed E-state index contributed by atoms with van der Waals surface area (Å²) in [4.78, 5) is 15.3. The van der Waals surface area contributed by atoms with Crippen LogP contribution in [0.4, 0.5) is 0 Å². The standard InChI is InChI=1S/C23H28N4O/c1-3-26(4-2)22(19-11-6-5-7-12-19)23(28)24-17-20-13-8-9-14-21(20)18-27-16-10-15-25-27/h5-16,22H,3-4,17-18H2,1-2H3,(H,24,28). The Labute approximate surface area is 167 Å². The zero-order valence-electron chi connectivity index (χ0n) is 16.6. The van der Waals surface area contributed by atoms with Gasteiger partial charge >= 0.3 is 0 Å². The van der Waals surface area contributed by atoms with E-state index in [-0.39, 0.29) is 11.9 Å². The maximum atomic E-state index is 13.1. The smallest absolute Gasteiger partial charge is 0.242 e. The number of benzene rings is 2. The van der Waals surface area contributed by atoms with E-state index in [9.17, 15) is 4.79 Å². The van der Waals surface area contributed by atoms with Gasteiger partial charge in [-0.1, -0.05) is 68.4 Å². The Morgan fingerprint density at radius 1 is 1.00 bits per heavy atom. The molecule has 2 aromatic carbocycles. The summed E-state index contributed by atoms with van der Waals surface area (Å²) in [5.74, 6) is 0.0313. The molecule has 0 aliphatic carbocycles. The van der Waals surface area contributed by atoms with Crippen molar-refractivity contribution in [3.05, 3.63) is 89.7 Å². The lowest BCUT2D eigenvalue weighted by atomic mass is 10.0. The quantitative estimate of drug-likeness (QED) is 0.620. The normalized spacial score (nSPS) is 12.1. The van der Waals surface area contributed by atoms with Crippen LogP contribution in [0.25, 0.3) is 0 Å². The van der Waals surface area contributed by atoms with E-state index >= 15 is 0 Å². The molecule has 0 saturated heterocycles. The van der Waals surface area contributed by atoms with Gasteiger partial charge in [0.2, 0.25) is 5.91 Å². The van der Waals surface area contributed by atoms with E-state index in [4.69, 9.17) is 0 Å². The van der Waals surface area contributed by atoms with Crippen LogP contribution in [0.5, 0.6) is 0 Å². The third-order valence-electron chi connectivity index (χ3n) is 5.00. The number of rotatable bonds is 9. The second-order valence-corrected chi connectivity index (χ2v) is 6.72. The van der Waals surface area contributed by atoms with Crippen molar-refractivity contribution >= 4 is 5.91 Å². The Morgan fingerprint density at radius 3 is 2.32 bits per heavy atom. The Balaban J connectivity index is 1.74. The molecule has 5 nitrogen and oxygen atoms in total. The van der Waals surface area contributed by atoms with Gasteiger partial charge in [-0.3, -0.25) is 14.4 Å². The van der Waals surface area contributed by atoms with Crippen molar-refractivity contribution in [3.63, 3.8) is 0 Å². The van der Waals surface area contributed by atoms with Crippen LogP contribution in [0.2, 0.25) is 0 Å². The van der Waals surface area contributed by atoms with Gasteiger partial charge in [0.05, 0.1) is 6.54 Å². The molecule has 28 heavy (non-hydrogen) atoms. The molecule has 1 unspecified atom stereocenters. The lowest BCUT2D eigenvalue weighted by molar-refractivity contribution is -0.126. The monoisotopic (exact) mass is 376 g/mol. The second-order valence-electron chi connectivity index (χ2n) is 6.72. The molecule has 0 aliphatic heterocycles. The molecule has 0 fully saturated rings.